The zero-order valence-corrected chi connectivity index (χ0v) is 10.4. The molecule has 0 aromatic heterocycles. The Hall–Kier alpha value is -0.190. The van der Waals surface area contributed by atoms with E-state index in [-0.39, 0.29) is 6.61 Å². The maximum atomic E-state index is 8.97. The molecule has 0 aromatic carbocycles. The third-order valence-electron chi connectivity index (χ3n) is 3.02. The lowest BCUT2D eigenvalue weighted by molar-refractivity contribution is 0.170. The van der Waals surface area contributed by atoms with Crippen LogP contribution in [0.5, 0.6) is 0 Å². The van der Waals surface area contributed by atoms with Crippen LogP contribution in [0.1, 0.15) is 32.6 Å². The van der Waals surface area contributed by atoms with Gasteiger partial charge in [0.05, 0.1) is 11.6 Å². The summed E-state index contributed by atoms with van der Waals surface area (Å²) in [5, 5.41) is 8.97. The van der Waals surface area contributed by atoms with E-state index in [9.17, 15) is 0 Å². The van der Waals surface area contributed by atoms with E-state index < -0.39 is 0 Å². The smallest absolute Gasteiger partial charge is 0.0733 e. The third-order valence-corrected chi connectivity index (χ3v) is 3.17. The summed E-state index contributed by atoms with van der Waals surface area (Å²) in [6.45, 7) is 5.27. The molecule has 1 aliphatic carbocycles. The van der Waals surface area contributed by atoms with Crippen molar-refractivity contribution in [3.05, 3.63) is 0 Å². The van der Waals surface area contributed by atoms with Crippen LogP contribution in [0.4, 0.5) is 0 Å². The van der Waals surface area contributed by atoms with Gasteiger partial charge in [0.15, 0.2) is 0 Å². The lowest BCUT2D eigenvalue weighted by Gasteiger charge is -2.26. The lowest BCUT2D eigenvalue weighted by Crippen LogP contribution is -2.35. The monoisotopic (exact) mass is 230 g/mol. The predicted molar refractivity (Wildman–Crippen MR) is 66.9 cm³/mol. The number of hydrogen-bond acceptors (Lipinski definition) is 3. The Balaban J connectivity index is 2.39. The molecule has 0 aromatic rings. The summed E-state index contributed by atoms with van der Waals surface area (Å²) in [6.07, 6.45) is 4.46. The van der Waals surface area contributed by atoms with E-state index in [1.54, 1.807) is 0 Å². The summed E-state index contributed by atoms with van der Waals surface area (Å²) < 4.78 is 0. The minimum Gasteiger partial charge on any atom is -0.395 e. The topological polar surface area (TPSA) is 49.5 Å². The predicted octanol–water partition coefficient (Wildman–Crippen LogP) is 1.15. The molecule has 0 aliphatic heterocycles. The largest absolute Gasteiger partial charge is 0.395 e. The molecule has 1 saturated carbocycles. The maximum Gasteiger partial charge on any atom is 0.0733 e. The van der Waals surface area contributed by atoms with Crippen LogP contribution in [0.2, 0.25) is 0 Å². The first-order valence-corrected chi connectivity index (χ1v) is 6.14. The summed E-state index contributed by atoms with van der Waals surface area (Å²) >= 11 is 4.98. The fourth-order valence-corrected chi connectivity index (χ4v) is 2.45. The molecule has 0 amide bonds. The molecular weight excluding hydrogens is 208 g/mol. The summed E-state index contributed by atoms with van der Waals surface area (Å²) in [5.41, 5.74) is 5.95. The second-order valence-electron chi connectivity index (χ2n) is 4.64. The van der Waals surface area contributed by atoms with Gasteiger partial charge < -0.3 is 15.7 Å². The zero-order valence-electron chi connectivity index (χ0n) is 9.54. The van der Waals surface area contributed by atoms with E-state index in [4.69, 9.17) is 23.1 Å². The molecule has 0 bridgehead atoms. The van der Waals surface area contributed by atoms with Crippen molar-refractivity contribution in [3.8, 4) is 0 Å². The van der Waals surface area contributed by atoms with Crippen LogP contribution in [0.15, 0.2) is 0 Å². The highest BCUT2D eigenvalue weighted by Gasteiger charge is 2.43. The molecule has 0 radical (unpaired) electrons. The Morgan fingerprint density at radius 1 is 1.47 bits per heavy atom. The Morgan fingerprint density at radius 2 is 2.13 bits per heavy atom. The van der Waals surface area contributed by atoms with Gasteiger partial charge in [0, 0.05) is 19.5 Å². The van der Waals surface area contributed by atoms with E-state index in [0.717, 1.165) is 32.5 Å². The number of rotatable bonds is 8. The van der Waals surface area contributed by atoms with Crippen LogP contribution in [-0.4, -0.2) is 41.2 Å². The summed E-state index contributed by atoms with van der Waals surface area (Å²) in [7, 11) is 0. The number of thiocarbonyl (C=S) groups is 1. The summed E-state index contributed by atoms with van der Waals surface area (Å²) in [4.78, 5) is 2.96. The van der Waals surface area contributed by atoms with Gasteiger partial charge in [0.25, 0.3) is 0 Å². The SMILES string of the molecule is CCCN(CCO)CC1(CC(N)=S)CC1. The maximum absolute atomic E-state index is 8.97. The van der Waals surface area contributed by atoms with Crippen molar-refractivity contribution in [2.24, 2.45) is 11.1 Å². The lowest BCUT2D eigenvalue weighted by atomic mass is 10.0. The molecule has 0 atom stereocenters. The Morgan fingerprint density at radius 3 is 2.53 bits per heavy atom. The summed E-state index contributed by atoms with van der Waals surface area (Å²) in [6, 6.07) is 0. The van der Waals surface area contributed by atoms with Crippen molar-refractivity contribution < 1.29 is 5.11 Å². The number of aliphatic hydroxyl groups excluding tert-OH is 1. The van der Waals surface area contributed by atoms with E-state index >= 15 is 0 Å². The van der Waals surface area contributed by atoms with Crippen molar-refractivity contribution in [1.82, 2.24) is 4.90 Å². The quantitative estimate of drug-likeness (QED) is 0.614. The fraction of sp³-hybridized carbons (Fsp3) is 0.909. The molecule has 88 valence electrons. The highest BCUT2D eigenvalue weighted by atomic mass is 32.1. The van der Waals surface area contributed by atoms with Gasteiger partial charge in [-0.2, -0.15) is 0 Å². The molecular formula is C11H22N2OS. The van der Waals surface area contributed by atoms with Crippen molar-refractivity contribution in [2.45, 2.75) is 32.6 Å². The van der Waals surface area contributed by atoms with E-state index in [2.05, 4.69) is 11.8 Å². The highest BCUT2D eigenvalue weighted by Crippen LogP contribution is 2.49. The molecule has 0 spiro atoms. The van der Waals surface area contributed by atoms with E-state index in [1.165, 1.54) is 12.8 Å². The Labute approximate surface area is 97.6 Å². The Kier molecular flexibility index (Phi) is 4.96. The first-order valence-electron chi connectivity index (χ1n) is 5.73. The van der Waals surface area contributed by atoms with Gasteiger partial charge >= 0.3 is 0 Å². The summed E-state index contributed by atoms with van der Waals surface area (Å²) in [5.74, 6) is 0. The minimum absolute atomic E-state index is 0.239. The molecule has 0 unspecified atom stereocenters. The first kappa shape index (κ1) is 12.9. The average Bonchev–Trinajstić information content (AvgIpc) is 2.84. The number of aliphatic hydroxyl groups is 1. The van der Waals surface area contributed by atoms with Gasteiger partial charge in [0.2, 0.25) is 0 Å². The second-order valence-corrected chi connectivity index (χ2v) is 5.17. The van der Waals surface area contributed by atoms with Gasteiger partial charge in [-0.1, -0.05) is 19.1 Å². The number of hydrogen-bond donors (Lipinski definition) is 2. The van der Waals surface area contributed by atoms with E-state index in [1.807, 2.05) is 0 Å². The van der Waals surface area contributed by atoms with Crippen molar-refractivity contribution in [1.29, 1.82) is 0 Å². The fourth-order valence-electron chi connectivity index (χ4n) is 2.14. The molecule has 1 fully saturated rings. The first-order chi connectivity index (χ1) is 7.12. The Bertz CT molecular complexity index is 211. The molecule has 0 saturated heterocycles. The molecule has 3 nitrogen and oxygen atoms in total. The van der Waals surface area contributed by atoms with Crippen LogP contribution in [0, 0.1) is 5.41 Å². The normalized spacial score (nSPS) is 18.1. The zero-order chi connectivity index (χ0) is 11.3. The van der Waals surface area contributed by atoms with Crippen LogP contribution in [-0.2, 0) is 0 Å². The van der Waals surface area contributed by atoms with Gasteiger partial charge in [0.1, 0.15) is 0 Å². The second kappa shape index (κ2) is 5.77. The molecule has 1 aliphatic rings. The highest BCUT2D eigenvalue weighted by molar-refractivity contribution is 7.80. The number of nitrogens with two attached hydrogens (primary N) is 1. The van der Waals surface area contributed by atoms with Crippen molar-refractivity contribution in [2.75, 3.05) is 26.2 Å². The van der Waals surface area contributed by atoms with Crippen LogP contribution < -0.4 is 5.73 Å². The molecule has 1 rings (SSSR count). The van der Waals surface area contributed by atoms with Crippen LogP contribution in [0.25, 0.3) is 0 Å². The molecule has 15 heavy (non-hydrogen) atoms. The van der Waals surface area contributed by atoms with Gasteiger partial charge in [-0.15, -0.1) is 0 Å². The van der Waals surface area contributed by atoms with Crippen LogP contribution in [0.3, 0.4) is 0 Å². The average molecular weight is 230 g/mol. The van der Waals surface area contributed by atoms with Crippen molar-refractivity contribution in [3.63, 3.8) is 0 Å². The van der Waals surface area contributed by atoms with Crippen molar-refractivity contribution >= 4 is 17.2 Å². The number of nitrogens with zero attached hydrogens (tertiary/aromatic N) is 1. The molecule has 3 N–H and O–H groups in total. The van der Waals surface area contributed by atoms with E-state index in [0.29, 0.717) is 10.4 Å². The van der Waals surface area contributed by atoms with Gasteiger partial charge in [-0.3, -0.25) is 0 Å². The van der Waals surface area contributed by atoms with Crippen LogP contribution >= 0.6 is 12.2 Å². The molecule has 0 heterocycles. The van der Waals surface area contributed by atoms with Gasteiger partial charge in [-0.05, 0) is 31.2 Å². The third kappa shape index (κ3) is 4.45. The standard InChI is InChI=1S/C11H22N2OS/c1-2-5-13(6-7-14)9-11(3-4-11)8-10(12)15/h14H,2-9H2,1H3,(H2,12,15). The van der Waals surface area contributed by atoms with Gasteiger partial charge in [-0.25, -0.2) is 0 Å². The molecule has 4 heteroatoms. The minimum atomic E-state index is 0.239.